The zero-order chi connectivity index (χ0) is 20.9. The third-order valence-corrected chi connectivity index (χ3v) is 6.79. The fourth-order valence-electron chi connectivity index (χ4n) is 3.15. The van der Waals surface area contributed by atoms with Gasteiger partial charge in [-0.05, 0) is 26.7 Å². The molecule has 28 heavy (non-hydrogen) atoms. The van der Waals surface area contributed by atoms with Crippen molar-refractivity contribution < 1.29 is 18.3 Å². The maximum Gasteiger partial charge on any atom is 0.330 e. The largest absolute Gasteiger partial charge is 0.362 e. The Balaban J connectivity index is 2.05. The van der Waals surface area contributed by atoms with Crippen LogP contribution in [0.25, 0.3) is 0 Å². The maximum atomic E-state index is 12.4. The van der Waals surface area contributed by atoms with Crippen LogP contribution in [0.5, 0.6) is 0 Å². The van der Waals surface area contributed by atoms with Crippen LogP contribution in [0.15, 0.2) is 9.59 Å². The van der Waals surface area contributed by atoms with Crippen molar-refractivity contribution in [2.75, 3.05) is 49.5 Å². The molecular formula is C17H31N4O6P. The Bertz CT molecular complexity index is 823. The molecule has 0 saturated heterocycles. The van der Waals surface area contributed by atoms with Gasteiger partial charge in [-0.25, -0.2) is 4.79 Å². The van der Waals surface area contributed by atoms with Gasteiger partial charge in [0.1, 0.15) is 17.7 Å². The molecule has 0 bridgehead atoms. The Morgan fingerprint density at radius 1 is 1.21 bits per heavy atom. The number of aromatic nitrogens is 2. The first-order valence-corrected chi connectivity index (χ1v) is 11.3. The summed E-state index contributed by atoms with van der Waals surface area (Å²) in [5.41, 5.74) is -0.411. The lowest BCUT2D eigenvalue weighted by molar-refractivity contribution is 0.115. The van der Waals surface area contributed by atoms with Crippen molar-refractivity contribution in [2.45, 2.75) is 39.8 Å². The van der Waals surface area contributed by atoms with E-state index in [1.54, 1.807) is 28.0 Å². The molecule has 0 aliphatic carbocycles. The lowest BCUT2D eigenvalue weighted by Gasteiger charge is -2.26. The van der Waals surface area contributed by atoms with E-state index in [4.69, 9.17) is 13.8 Å². The first-order chi connectivity index (χ1) is 13.3. The predicted molar refractivity (Wildman–Crippen MR) is 108 cm³/mol. The molecule has 1 aromatic heterocycles. The summed E-state index contributed by atoms with van der Waals surface area (Å²) in [6.45, 7) is 7.14. The number of ether oxygens (including phenoxy) is 1. The van der Waals surface area contributed by atoms with Gasteiger partial charge in [0, 0.05) is 26.9 Å². The van der Waals surface area contributed by atoms with Crippen LogP contribution in [0.3, 0.4) is 0 Å². The van der Waals surface area contributed by atoms with Crippen LogP contribution < -0.4 is 21.0 Å². The molecule has 1 aromatic rings. The summed E-state index contributed by atoms with van der Waals surface area (Å²) >= 11 is 0. The molecule has 1 aliphatic rings. The van der Waals surface area contributed by atoms with Gasteiger partial charge in [-0.2, -0.15) is 0 Å². The minimum absolute atomic E-state index is 0.291. The van der Waals surface area contributed by atoms with Crippen LogP contribution in [0.2, 0.25) is 0 Å². The molecule has 0 spiro atoms. The molecule has 1 aliphatic heterocycles. The van der Waals surface area contributed by atoms with Crippen molar-refractivity contribution in [1.82, 2.24) is 9.55 Å². The average Bonchev–Trinajstić information content (AvgIpc) is 3.05. The van der Waals surface area contributed by atoms with Gasteiger partial charge in [-0.15, -0.1) is 0 Å². The lowest BCUT2D eigenvalue weighted by Crippen LogP contribution is -2.39. The molecule has 1 N–H and O–H groups in total. The Hall–Kier alpha value is -1.61. The van der Waals surface area contributed by atoms with Gasteiger partial charge in [0.25, 0.3) is 5.56 Å². The van der Waals surface area contributed by atoms with Gasteiger partial charge in [0.2, 0.25) is 0 Å². The highest BCUT2D eigenvalue weighted by molar-refractivity contribution is 7.53. The van der Waals surface area contributed by atoms with E-state index in [9.17, 15) is 14.2 Å². The van der Waals surface area contributed by atoms with E-state index in [1.807, 2.05) is 16.7 Å². The zero-order valence-electron chi connectivity index (χ0n) is 17.3. The van der Waals surface area contributed by atoms with Crippen LogP contribution in [0.4, 0.5) is 11.5 Å². The third-order valence-electron chi connectivity index (χ3n) is 4.78. The monoisotopic (exact) mass is 418 g/mol. The topological polar surface area (TPSA) is 106 Å². The number of anilines is 2. The fourth-order valence-corrected chi connectivity index (χ4v) is 4.39. The summed E-state index contributed by atoms with van der Waals surface area (Å²) in [5.74, 6) is 0.547. The molecule has 2 heterocycles. The normalized spacial score (nSPS) is 16.9. The summed E-state index contributed by atoms with van der Waals surface area (Å²) in [6, 6.07) is 0. The summed E-state index contributed by atoms with van der Waals surface area (Å²) in [4.78, 5) is 30.6. The number of H-pyrrole nitrogens is 1. The van der Waals surface area contributed by atoms with Crippen LogP contribution in [-0.2, 0) is 25.4 Å². The molecule has 2 atom stereocenters. The number of fused-ring (bicyclic) bond motifs is 1. The number of rotatable bonds is 11. The number of unbranched alkanes of at least 4 members (excludes halogenated alkanes) is 1. The zero-order valence-corrected chi connectivity index (χ0v) is 18.2. The number of hydrogen-bond donors (Lipinski definition) is 1. The number of methoxy groups -OCH3 is 1. The summed E-state index contributed by atoms with van der Waals surface area (Å²) in [6.07, 6.45) is 1.45. The van der Waals surface area contributed by atoms with Gasteiger partial charge in [-0.1, -0.05) is 6.92 Å². The minimum Gasteiger partial charge on any atom is -0.362 e. The van der Waals surface area contributed by atoms with Gasteiger partial charge in [-0.3, -0.25) is 18.9 Å². The van der Waals surface area contributed by atoms with E-state index in [2.05, 4.69) is 4.98 Å². The smallest absolute Gasteiger partial charge is 0.330 e. The van der Waals surface area contributed by atoms with E-state index < -0.39 is 18.8 Å². The molecule has 0 aromatic carbocycles. The quantitative estimate of drug-likeness (QED) is 0.428. The molecule has 10 nitrogen and oxygen atoms in total. The minimum atomic E-state index is -3.00. The van der Waals surface area contributed by atoms with E-state index in [1.165, 1.54) is 4.57 Å². The maximum absolute atomic E-state index is 12.4. The molecule has 160 valence electrons. The molecule has 11 heteroatoms. The van der Waals surface area contributed by atoms with Crippen molar-refractivity contribution in [1.29, 1.82) is 0 Å². The molecule has 2 unspecified atom stereocenters. The van der Waals surface area contributed by atoms with Gasteiger partial charge < -0.3 is 23.6 Å². The average molecular weight is 418 g/mol. The van der Waals surface area contributed by atoms with Crippen LogP contribution in [0.1, 0.15) is 33.6 Å². The van der Waals surface area contributed by atoms with E-state index in [0.29, 0.717) is 50.5 Å². The van der Waals surface area contributed by atoms with Gasteiger partial charge in [0.15, 0.2) is 0 Å². The number of nitrogens with zero attached hydrogens (tertiary/aromatic N) is 3. The van der Waals surface area contributed by atoms with Gasteiger partial charge in [0.05, 0.1) is 19.9 Å². The second-order valence-electron chi connectivity index (χ2n) is 6.59. The highest BCUT2D eigenvalue weighted by Gasteiger charge is 2.34. The van der Waals surface area contributed by atoms with E-state index in [-0.39, 0.29) is 6.23 Å². The number of hydrogen-bond acceptors (Lipinski definition) is 8. The summed E-state index contributed by atoms with van der Waals surface area (Å²) in [7, 11) is 0.211. The molecular weight excluding hydrogens is 387 g/mol. The predicted octanol–water partition coefficient (Wildman–Crippen LogP) is 1.70. The standard InChI is InChI=1S/C17H31N4O6P/c1-6-26-28(24,7-2)27-11-9-8-10-20-12-21(13(3)25-5)16-14(20)15(22)18-17(23)19(16)4/h13H,6-12H2,1-5H3,(H,18,22,23). The SMILES string of the molecule is CCOP(=O)(CC)OCCCCN1CN(C(C)OC)c2c1c(=O)[nH]c(=O)n2C. The van der Waals surface area contributed by atoms with E-state index >= 15 is 0 Å². The highest BCUT2D eigenvalue weighted by atomic mass is 31.2. The first-order valence-electron chi connectivity index (χ1n) is 9.53. The Morgan fingerprint density at radius 3 is 2.54 bits per heavy atom. The highest BCUT2D eigenvalue weighted by Crippen LogP contribution is 2.47. The molecule has 0 fully saturated rings. The van der Waals surface area contributed by atoms with Crippen LogP contribution in [-0.4, -0.2) is 55.5 Å². The molecule has 0 radical (unpaired) electrons. The molecule has 2 rings (SSSR count). The van der Waals surface area contributed by atoms with Crippen molar-refractivity contribution in [3.63, 3.8) is 0 Å². The Labute approximate surface area is 164 Å². The second-order valence-corrected chi connectivity index (χ2v) is 8.96. The van der Waals surface area contributed by atoms with E-state index in [0.717, 1.165) is 6.42 Å². The van der Waals surface area contributed by atoms with Crippen molar-refractivity contribution >= 4 is 19.1 Å². The second kappa shape index (κ2) is 9.73. The molecule has 0 amide bonds. The van der Waals surface area contributed by atoms with Crippen molar-refractivity contribution in [3.05, 3.63) is 20.8 Å². The van der Waals surface area contributed by atoms with Crippen molar-refractivity contribution in [3.8, 4) is 0 Å². The molecule has 0 saturated carbocycles. The number of nitrogens with one attached hydrogen (secondary N) is 1. The number of aromatic amines is 1. The Kier molecular flexibility index (Phi) is 7.88. The van der Waals surface area contributed by atoms with Crippen molar-refractivity contribution in [2.24, 2.45) is 7.05 Å². The van der Waals surface area contributed by atoms with Gasteiger partial charge >= 0.3 is 13.3 Å². The first kappa shape index (κ1) is 22.7. The fraction of sp³-hybridized carbons (Fsp3) is 0.765. The Morgan fingerprint density at radius 2 is 1.93 bits per heavy atom. The summed E-state index contributed by atoms with van der Waals surface area (Å²) < 4.78 is 29.8. The van der Waals surface area contributed by atoms with Crippen LogP contribution in [0, 0.1) is 0 Å². The van der Waals surface area contributed by atoms with Crippen LogP contribution >= 0.6 is 7.60 Å². The summed E-state index contributed by atoms with van der Waals surface area (Å²) in [5, 5.41) is 0. The third kappa shape index (κ3) is 4.86. The lowest BCUT2D eigenvalue weighted by atomic mass is 10.3.